The second kappa shape index (κ2) is 7.26. The highest BCUT2D eigenvalue weighted by Crippen LogP contribution is 2.43. The topological polar surface area (TPSA) is 65.6 Å². The molecule has 2 bridgehead atoms. The van der Waals surface area contributed by atoms with E-state index in [0.717, 1.165) is 18.4 Å². The molecule has 1 aromatic carbocycles. The number of aromatic nitrogens is 1. The average molecular weight is 417 g/mol. The van der Waals surface area contributed by atoms with Gasteiger partial charge >= 0.3 is 0 Å². The van der Waals surface area contributed by atoms with Crippen molar-refractivity contribution in [2.75, 3.05) is 7.11 Å². The quantitative estimate of drug-likeness (QED) is 0.770. The molecule has 6 heteroatoms. The Morgan fingerprint density at radius 2 is 1.97 bits per heavy atom. The van der Waals surface area contributed by atoms with E-state index in [2.05, 4.69) is 11.9 Å². The summed E-state index contributed by atoms with van der Waals surface area (Å²) < 4.78 is 20.2. The second-order valence-electron chi connectivity index (χ2n) is 10.4. The molecule has 1 aromatic heterocycles. The van der Waals surface area contributed by atoms with Gasteiger partial charge in [0, 0.05) is 41.0 Å². The molecule has 5 nitrogen and oxygen atoms in total. The highest BCUT2D eigenvalue weighted by molar-refractivity contribution is 5.88. The van der Waals surface area contributed by atoms with Crippen LogP contribution in [0.15, 0.2) is 18.3 Å². The highest BCUT2D eigenvalue weighted by atomic mass is 19.1. The Balaban J connectivity index is 1.62. The zero-order chi connectivity index (χ0) is 21.8. The fourth-order valence-corrected chi connectivity index (χ4v) is 5.84. The van der Waals surface area contributed by atoms with Crippen molar-refractivity contribution in [1.29, 1.82) is 0 Å². The number of amides is 1. The number of aromatic amines is 1. The Bertz CT molecular complexity index is 947. The molecule has 2 aromatic rings. The highest BCUT2D eigenvalue weighted by Gasteiger charge is 2.47. The third-order valence-electron chi connectivity index (χ3n) is 7.06. The van der Waals surface area contributed by atoms with Gasteiger partial charge in [-0.2, -0.15) is 0 Å². The van der Waals surface area contributed by atoms with Crippen LogP contribution >= 0.6 is 0 Å². The first-order valence-corrected chi connectivity index (χ1v) is 10.9. The molecular formula is C24H33FN2O3. The molecule has 0 saturated carbocycles. The van der Waals surface area contributed by atoms with Crippen LogP contribution in [0.5, 0.6) is 5.75 Å². The minimum atomic E-state index is -0.710. The van der Waals surface area contributed by atoms with Crippen molar-refractivity contribution in [3.8, 4) is 5.75 Å². The van der Waals surface area contributed by atoms with Crippen molar-refractivity contribution in [3.63, 3.8) is 0 Å². The monoisotopic (exact) mass is 416 g/mol. The predicted octanol–water partition coefficient (Wildman–Crippen LogP) is 4.52. The molecule has 0 aliphatic carbocycles. The summed E-state index contributed by atoms with van der Waals surface area (Å²) in [6.07, 6.45) is 5.21. The number of methoxy groups -OCH3 is 1. The fourth-order valence-electron chi connectivity index (χ4n) is 5.84. The molecule has 2 unspecified atom stereocenters. The number of aliphatic hydroxyl groups is 1. The summed E-state index contributed by atoms with van der Waals surface area (Å²) in [6.45, 7) is 8.10. The molecule has 2 aliphatic heterocycles. The van der Waals surface area contributed by atoms with E-state index in [1.54, 1.807) is 12.1 Å². The van der Waals surface area contributed by atoms with Crippen LogP contribution in [0.4, 0.5) is 4.39 Å². The van der Waals surface area contributed by atoms with E-state index >= 15 is 4.39 Å². The number of H-pyrrole nitrogens is 1. The molecule has 2 saturated heterocycles. The molecule has 1 amide bonds. The number of piperidine rings is 2. The summed E-state index contributed by atoms with van der Waals surface area (Å²) in [5.41, 5.74) is 0.217. The summed E-state index contributed by atoms with van der Waals surface area (Å²) in [7, 11) is 1.45. The summed E-state index contributed by atoms with van der Waals surface area (Å²) in [4.78, 5) is 18.7. The minimum Gasteiger partial charge on any atom is -0.494 e. The lowest BCUT2D eigenvalue weighted by Crippen LogP contribution is -2.60. The Kier molecular flexibility index (Phi) is 5.12. The lowest BCUT2D eigenvalue weighted by molar-refractivity contribution is -0.152. The fraction of sp³-hybridized carbons (Fsp3) is 0.625. The number of carbonyl (C=O) groups is 1. The van der Waals surface area contributed by atoms with Crippen molar-refractivity contribution in [2.24, 2.45) is 5.92 Å². The Morgan fingerprint density at radius 3 is 2.57 bits per heavy atom. The molecule has 0 spiro atoms. The van der Waals surface area contributed by atoms with Gasteiger partial charge in [-0.1, -0.05) is 20.8 Å². The summed E-state index contributed by atoms with van der Waals surface area (Å²) >= 11 is 0. The van der Waals surface area contributed by atoms with E-state index in [9.17, 15) is 9.90 Å². The van der Waals surface area contributed by atoms with Gasteiger partial charge in [-0.25, -0.2) is 4.39 Å². The first-order valence-electron chi connectivity index (χ1n) is 10.9. The maximum Gasteiger partial charge on any atom is 0.223 e. The molecule has 2 atom stereocenters. The number of fused-ring (bicyclic) bond motifs is 3. The van der Waals surface area contributed by atoms with Crippen LogP contribution in [0.3, 0.4) is 0 Å². The van der Waals surface area contributed by atoms with Gasteiger partial charge in [-0.15, -0.1) is 0 Å². The number of halogens is 1. The van der Waals surface area contributed by atoms with Crippen LogP contribution in [-0.2, 0) is 10.2 Å². The van der Waals surface area contributed by atoms with Crippen molar-refractivity contribution < 1.29 is 19.0 Å². The van der Waals surface area contributed by atoms with Gasteiger partial charge in [0.15, 0.2) is 11.6 Å². The van der Waals surface area contributed by atoms with Crippen LogP contribution in [0.25, 0.3) is 10.9 Å². The predicted molar refractivity (Wildman–Crippen MR) is 115 cm³/mol. The Hall–Kier alpha value is -2.08. The van der Waals surface area contributed by atoms with Gasteiger partial charge in [-0.3, -0.25) is 4.79 Å². The summed E-state index contributed by atoms with van der Waals surface area (Å²) in [5.74, 6) is 0.456. The molecule has 0 radical (unpaired) electrons. The molecule has 164 valence electrons. The van der Waals surface area contributed by atoms with E-state index in [1.807, 2.05) is 31.9 Å². The van der Waals surface area contributed by atoms with E-state index < -0.39 is 16.8 Å². The van der Waals surface area contributed by atoms with Crippen LogP contribution in [0, 0.1) is 11.7 Å². The number of hydrogen-bond donors (Lipinski definition) is 2. The Labute approximate surface area is 177 Å². The van der Waals surface area contributed by atoms with Crippen LogP contribution in [-0.4, -0.2) is 45.7 Å². The smallest absolute Gasteiger partial charge is 0.223 e. The van der Waals surface area contributed by atoms with Crippen LogP contribution in [0.2, 0.25) is 0 Å². The van der Waals surface area contributed by atoms with Gasteiger partial charge in [-0.05, 0) is 56.2 Å². The second-order valence-corrected chi connectivity index (χ2v) is 10.4. The number of ether oxygens (including phenoxy) is 1. The van der Waals surface area contributed by atoms with Gasteiger partial charge < -0.3 is 19.7 Å². The third kappa shape index (κ3) is 3.59. The lowest BCUT2D eigenvalue weighted by Gasteiger charge is -2.53. The van der Waals surface area contributed by atoms with E-state index in [0.29, 0.717) is 36.1 Å². The lowest BCUT2D eigenvalue weighted by atomic mass is 9.72. The van der Waals surface area contributed by atoms with Crippen molar-refractivity contribution >= 4 is 16.8 Å². The molecule has 2 fully saturated rings. The van der Waals surface area contributed by atoms with E-state index in [-0.39, 0.29) is 23.7 Å². The maximum atomic E-state index is 15.0. The number of nitrogens with one attached hydrogen (secondary N) is 1. The first-order chi connectivity index (χ1) is 14.0. The minimum absolute atomic E-state index is 0.0746. The van der Waals surface area contributed by atoms with Crippen molar-refractivity contribution in [1.82, 2.24) is 9.88 Å². The normalized spacial score (nSPS) is 29.3. The van der Waals surface area contributed by atoms with Gasteiger partial charge in [0.1, 0.15) is 0 Å². The SMILES string of the molecule is COc1ccc2[nH]cc(C(C)(C)CC(=O)N3C4CC(C)CC3CC(C)(O)C4)c2c1F. The standard InChI is InChI=1S/C24H33FN2O3/c1-14-8-15-10-24(4,29)11-16(9-14)27(15)20(28)12-23(2,3)17-13-26-18-6-7-19(30-5)22(25)21(17)18/h6-7,13-16,26,29H,8-12H2,1-5H3. The molecule has 4 rings (SSSR count). The number of benzene rings is 1. The van der Waals surface area contributed by atoms with Gasteiger partial charge in [0.25, 0.3) is 0 Å². The number of carbonyl (C=O) groups excluding carboxylic acids is 1. The third-order valence-corrected chi connectivity index (χ3v) is 7.06. The first kappa shape index (κ1) is 21.2. The molecular weight excluding hydrogens is 383 g/mol. The summed E-state index contributed by atoms with van der Waals surface area (Å²) in [5, 5.41) is 11.1. The largest absolute Gasteiger partial charge is 0.494 e. The Morgan fingerprint density at radius 1 is 1.33 bits per heavy atom. The van der Waals surface area contributed by atoms with E-state index in [1.165, 1.54) is 7.11 Å². The number of nitrogens with zero attached hydrogens (tertiary/aromatic N) is 1. The maximum absolute atomic E-state index is 15.0. The molecule has 30 heavy (non-hydrogen) atoms. The molecule has 3 heterocycles. The van der Waals surface area contributed by atoms with Crippen LogP contribution < -0.4 is 4.74 Å². The van der Waals surface area contributed by atoms with Crippen molar-refractivity contribution in [3.05, 3.63) is 29.7 Å². The molecule has 2 N–H and O–H groups in total. The molecule has 2 aliphatic rings. The zero-order valence-corrected chi connectivity index (χ0v) is 18.6. The zero-order valence-electron chi connectivity index (χ0n) is 18.6. The van der Waals surface area contributed by atoms with Gasteiger partial charge in [0.05, 0.1) is 12.7 Å². The van der Waals surface area contributed by atoms with Crippen LogP contribution in [0.1, 0.15) is 65.4 Å². The number of rotatable bonds is 4. The average Bonchev–Trinajstić information content (AvgIpc) is 3.05. The van der Waals surface area contributed by atoms with E-state index in [4.69, 9.17) is 4.74 Å². The van der Waals surface area contributed by atoms with Gasteiger partial charge in [0.2, 0.25) is 5.91 Å². The van der Waals surface area contributed by atoms with Crippen molar-refractivity contribution in [2.45, 2.75) is 82.9 Å². The summed E-state index contributed by atoms with van der Waals surface area (Å²) in [6, 6.07) is 3.56. The number of hydrogen-bond acceptors (Lipinski definition) is 3.